The smallest absolute Gasteiger partial charge is 0.124 e. The van der Waals surface area contributed by atoms with Crippen molar-refractivity contribution in [2.75, 3.05) is 5.23 Å². The first-order chi connectivity index (χ1) is 9.25. The van der Waals surface area contributed by atoms with Crippen LogP contribution in [0.3, 0.4) is 0 Å². The van der Waals surface area contributed by atoms with Gasteiger partial charge in [-0.15, -0.1) is 5.23 Å². The summed E-state index contributed by atoms with van der Waals surface area (Å²) < 4.78 is 5.76. The number of rotatable bonds is 4. The standard InChI is InChI=1S/C16H25NO3/c1-7-12(2)18-14-10-8-13(9-11-14)17-19-15(3,4)16(5,6)20-17/h8-12H,7H2,1-6H3. The molecule has 1 saturated heterocycles. The molecule has 1 fully saturated rings. The van der Waals surface area contributed by atoms with E-state index in [1.165, 1.54) is 5.23 Å². The Morgan fingerprint density at radius 2 is 1.55 bits per heavy atom. The zero-order valence-corrected chi connectivity index (χ0v) is 13.3. The van der Waals surface area contributed by atoms with E-state index < -0.39 is 0 Å². The number of hydrogen-bond acceptors (Lipinski definition) is 4. The van der Waals surface area contributed by atoms with Crippen molar-refractivity contribution in [3.8, 4) is 5.75 Å². The van der Waals surface area contributed by atoms with Crippen LogP contribution in [0.4, 0.5) is 5.69 Å². The molecule has 0 amide bonds. The Morgan fingerprint density at radius 3 is 2.00 bits per heavy atom. The Balaban J connectivity index is 2.08. The Kier molecular flexibility index (Phi) is 3.98. The van der Waals surface area contributed by atoms with Crippen LogP contribution in [-0.4, -0.2) is 17.3 Å². The number of benzene rings is 1. The van der Waals surface area contributed by atoms with Crippen molar-refractivity contribution in [2.45, 2.75) is 65.3 Å². The zero-order valence-electron chi connectivity index (χ0n) is 13.3. The van der Waals surface area contributed by atoms with Gasteiger partial charge in [0.05, 0.1) is 11.8 Å². The molecule has 1 unspecified atom stereocenters. The molecule has 4 nitrogen and oxygen atoms in total. The molecular weight excluding hydrogens is 254 g/mol. The summed E-state index contributed by atoms with van der Waals surface area (Å²) in [7, 11) is 0. The fourth-order valence-corrected chi connectivity index (χ4v) is 1.72. The van der Waals surface area contributed by atoms with E-state index in [0.29, 0.717) is 0 Å². The molecule has 4 heteroatoms. The molecule has 112 valence electrons. The maximum atomic E-state index is 5.86. The first kappa shape index (κ1) is 15.1. The third-order valence-corrected chi connectivity index (χ3v) is 4.03. The van der Waals surface area contributed by atoms with Gasteiger partial charge in [0, 0.05) is 0 Å². The average Bonchev–Trinajstić information content (AvgIpc) is 2.59. The normalized spacial score (nSPS) is 21.8. The summed E-state index contributed by atoms with van der Waals surface area (Å²) in [5.41, 5.74) is 0.109. The van der Waals surface area contributed by atoms with E-state index in [4.69, 9.17) is 14.4 Å². The topological polar surface area (TPSA) is 30.9 Å². The van der Waals surface area contributed by atoms with Crippen LogP contribution >= 0.6 is 0 Å². The summed E-state index contributed by atoms with van der Waals surface area (Å²) in [4.78, 5) is 11.7. The van der Waals surface area contributed by atoms with E-state index in [0.717, 1.165) is 17.9 Å². The first-order valence-electron chi connectivity index (χ1n) is 7.20. The second kappa shape index (κ2) is 5.26. The molecule has 1 aromatic rings. The van der Waals surface area contributed by atoms with Gasteiger partial charge in [-0.3, -0.25) is 0 Å². The largest absolute Gasteiger partial charge is 0.491 e. The number of ether oxygens (including phenoxy) is 1. The second-order valence-electron chi connectivity index (χ2n) is 6.29. The lowest BCUT2D eigenvalue weighted by Gasteiger charge is -2.26. The van der Waals surface area contributed by atoms with Crippen LogP contribution in [0.15, 0.2) is 24.3 Å². The molecule has 0 aliphatic carbocycles. The van der Waals surface area contributed by atoms with Crippen molar-refractivity contribution < 1.29 is 14.4 Å². The van der Waals surface area contributed by atoms with Gasteiger partial charge in [0.25, 0.3) is 0 Å². The number of hydrogen-bond donors (Lipinski definition) is 0. The minimum Gasteiger partial charge on any atom is -0.491 e. The molecule has 2 rings (SSSR count). The van der Waals surface area contributed by atoms with Crippen LogP contribution < -0.4 is 9.96 Å². The summed E-state index contributed by atoms with van der Waals surface area (Å²) >= 11 is 0. The van der Waals surface area contributed by atoms with Crippen LogP contribution in [0.25, 0.3) is 0 Å². The van der Waals surface area contributed by atoms with Crippen molar-refractivity contribution in [1.29, 1.82) is 0 Å². The maximum absolute atomic E-state index is 5.86. The number of nitrogens with zero attached hydrogens (tertiary/aromatic N) is 1. The van der Waals surface area contributed by atoms with Crippen LogP contribution in [0.1, 0.15) is 48.0 Å². The molecular formula is C16H25NO3. The molecule has 0 radical (unpaired) electrons. The SMILES string of the molecule is CCC(C)Oc1ccc(N2OC(C)(C)C(C)(C)O2)cc1. The van der Waals surface area contributed by atoms with Crippen LogP contribution in [0.2, 0.25) is 0 Å². The summed E-state index contributed by atoms with van der Waals surface area (Å²) in [6, 6.07) is 7.75. The lowest BCUT2D eigenvalue weighted by molar-refractivity contribution is -0.0273. The van der Waals surface area contributed by atoms with Crippen molar-refractivity contribution in [1.82, 2.24) is 0 Å². The van der Waals surface area contributed by atoms with Gasteiger partial charge in [0.2, 0.25) is 0 Å². The molecule has 1 aliphatic rings. The Hall–Kier alpha value is -1.26. The molecule has 0 bridgehead atoms. The highest BCUT2D eigenvalue weighted by molar-refractivity contribution is 5.46. The van der Waals surface area contributed by atoms with Gasteiger partial charge in [-0.2, -0.15) is 0 Å². The van der Waals surface area contributed by atoms with E-state index in [1.807, 2.05) is 52.0 Å². The molecule has 0 N–H and O–H groups in total. The highest BCUT2D eigenvalue weighted by atomic mass is 17.0. The van der Waals surface area contributed by atoms with Crippen molar-refractivity contribution in [3.63, 3.8) is 0 Å². The van der Waals surface area contributed by atoms with Gasteiger partial charge in [0.15, 0.2) is 0 Å². The summed E-state index contributed by atoms with van der Waals surface area (Å²) in [6.45, 7) is 12.3. The summed E-state index contributed by atoms with van der Waals surface area (Å²) in [5, 5.41) is 1.49. The highest BCUT2D eigenvalue weighted by Gasteiger charge is 2.50. The van der Waals surface area contributed by atoms with Crippen LogP contribution in [0, 0.1) is 0 Å². The third-order valence-electron chi connectivity index (χ3n) is 4.03. The third kappa shape index (κ3) is 2.91. The van der Waals surface area contributed by atoms with E-state index in [2.05, 4.69) is 13.8 Å². The number of anilines is 1. The van der Waals surface area contributed by atoms with Crippen LogP contribution in [-0.2, 0) is 9.68 Å². The van der Waals surface area contributed by atoms with Gasteiger partial charge in [-0.25, -0.2) is 9.68 Å². The Labute approximate surface area is 121 Å². The molecule has 1 aliphatic heterocycles. The van der Waals surface area contributed by atoms with Crippen molar-refractivity contribution >= 4 is 5.69 Å². The molecule has 0 spiro atoms. The van der Waals surface area contributed by atoms with Crippen LogP contribution in [0.5, 0.6) is 5.75 Å². The first-order valence-corrected chi connectivity index (χ1v) is 7.20. The molecule has 0 aromatic heterocycles. The van der Waals surface area contributed by atoms with E-state index in [9.17, 15) is 0 Å². The Morgan fingerprint density at radius 1 is 1.05 bits per heavy atom. The quantitative estimate of drug-likeness (QED) is 0.830. The fraction of sp³-hybridized carbons (Fsp3) is 0.625. The predicted octanol–water partition coefficient (Wildman–Crippen LogP) is 4.10. The van der Waals surface area contributed by atoms with Gasteiger partial charge >= 0.3 is 0 Å². The summed E-state index contributed by atoms with van der Waals surface area (Å²) in [6.07, 6.45) is 1.21. The average molecular weight is 279 g/mol. The maximum Gasteiger partial charge on any atom is 0.124 e. The molecule has 1 heterocycles. The monoisotopic (exact) mass is 279 g/mol. The van der Waals surface area contributed by atoms with E-state index in [-0.39, 0.29) is 17.3 Å². The zero-order chi connectivity index (χ0) is 15.0. The molecule has 1 atom stereocenters. The van der Waals surface area contributed by atoms with E-state index >= 15 is 0 Å². The predicted molar refractivity (Wildman–Crippen MR) is 79.6 cm³/mol. The van der Waals surface area contributed by atoms with E-state index in [1.54, 1.807) is 0 Å². The summed E-state index contributed by atoms with van der Waals surface area (Å²) in [5.74, 6) is 0.862. The van der Waals surface area contributed by atoms with Gasteiger partial charge in [-0.05, 0) is 65.3 Å². The molecule has 1 aromatic carbocycles. The fourth-order valence-electron chi connectivity index (χ4n) is 1.72. The van der Waals surface area contributed by atoms with Gasteiger partial charge in [0.1, 0.15) is 17.0 Å². The Bertz CT molecular complexity index is 437. The minimum atomic E-state index is -0.376. The van der Waals surface area contributed by atoms with Gasteiger partial charge in [-0.1, -0.05) is 6.92 Å². The lowest BCUT2D eigenvalue weighted by atomic mass is 9.90. The minimum absolute atomic E-state index is 0.220. The second-order valence-corrected chi connectivity index (χ2v) is 6.29. The van der Waals surface area contributed by atoms with Gasteiger partial charge < -0.3 is 4.74 Å². The van der Waals surface area contributed by atoms with Crippen molar-refractivity contribution in [3.05, 3.63) is 24.3 Å². The lowest BCUT2D eigenvalue weighted by Crippen LogP contribution is -2.41. The highest BCUT2D eigenvalue weighted by Crippen LogP contribution is 2.40. The van der Waals surface area contributed by atoms with Crippen molar-refractivity contribution in [2.24, 2.45) is 0 Å². The molecule has 0 saturated carbocycles. The molecule has 20 heavy (non-hydrogen) atoms.